The number of aliphatic hydroxyl groups is 1. The fourth-order valence-electron chi connectivity index (χ4n) is 12.5. The first-order chi connectivity index (χ1) is 31.9. The fourth-order valence-corrected chi connectivity index (χ4v) is 12.5. The van der Waals surface area contributed by atoms with Crippen LogP contribution in [0.4, 0.5) is 0 Å². The van der Waals surface area contributed by atoms with Crippen LogP contribution in [0.3, 0.4) is 0 Å². The first kappa shape index (κ1) is 43.4. The molecule has 12 heteroatoms. The van der Waals surface area contributed by atoms with Crippen LogP contribution in [-0.4, -0.2) is 83.3 Å². The predicted octanol–water partition coefficient (Wildman–Crippen LogP) is 6.99. The highest BCUT2D eigenvalue weighted by molar-refractivity contribution is 5.95. The number of rotatable bonds is 11. The number of carbonyl (C=O) groups excluding carboxylic acids is 3. The molecule has 66 heavy (non-hydrogen) atoms. The molecular weight excluding hydrogens is 835 g/mol. The van der Waals surface area contributed by atoms with Gasteiger partial charge in [-0.2, -0.15) is 5.06 Å². The second kappa shape index (κ2) is 16.5. The number of amides is 2. The van der Waals surface area contributed by atoms with E-state index in [2.05, 4.69) is 55.7 Å². The van der Waals surface area contributed by atoms with Crippen LogP contribution in [0.2, 0.25) is 0 Å². The molecule has 4 heterocycles. The SMILES string of the molecule is CC1(C)C[C@@H]2C(=Cc3cccc(CN4O[C@@H]5[C@H]6OC(c7ccccc7)(c7ccccc7)O[C@H]6[C@@H]6C[C@]5(C(=O)NCc5cccc(C(=O)NCCO)c5)[C@@H]4C(=O)O6)c3)CCC3O[C@]3(C)CC[C@H]21. The van der Waals surface area contributed by atoms with Crippen molar-refractivity contribution in [3.8, 4) is 0 Å². The van der Waals surface area contributed by atoms with E-state index in [4.69, 9.17) is 23.8 Å². The Hall–Kier alpha value is -5.21. The number of epoxide rings is 1. The molecule has 2 amide bonds. The predicted molar refractivity (Wildman–Crippen MR) is 244 cm³/mol. The second-order valence-electron chi connectivity index (χ2n) is 20.5. The summed E-state index contributed by atoms with van der Waals surface area (Å²) in [5, 5.41) is 16.7. The van der Waals surface area contributed by atoms with Crippen LogP contribution in [0, 0.1) is 22.7 Å². The van der Waals surface area contributed by atoms with Gasteiger partial charge in [0.15, 0.2) is 6.04 Å². The summed E-state index contributed by atoms with van der Waals surface area (Å²) in [7, 11) is 0. The third-order valence-corrected chi connectivity index (χ3v) is 16.0. The summed E-state index contributed by atoms with van der Waals surface area (Å²) in [6.07, 6.45) is 5.04. The summed E-state index contributed by atoms with van der Waals surface area (Å²) in [5.41, 5.74) is 5.02. The third kappa shape index (κ3) is 7.32. The molecular formula is C54H59N3O9. The molecule has 7 fully saturated rings. The smallest absolute Gasteiger partial charge is 0.327 e. The molecule has 0 radical (unpaired) electrons. The number of esters is 1. The van der Waals surface area contributed by atoms with Gasteiger partial charge in [0.05, 0.1) is 24.9 Å². The zero-order chi connectivity index (χ0) is 45.4. The molecule has 11 rings (SSSR count). The topological polar surface area (TPSA) is 148 Å². The lowest BCUT2D eigenvalue weighted by molar-refractivity contribution is -0.213. The summed E-state index contributed by atoms with van der Waals surface area (Å²) < 4.78 is 26.8. The number of hydroxylamine groups is 2. The van der Waals surface area contributed by atoms with Crippen molar-refractivity contribution in [3.63, 3.8) is 0 Å². The summed E-state index contributed by atoms with van der Waals surface area (Å²) in [6.45, 7) is 7.34. The van der Waals surface area contributed by atoms with Crippen LogP contribution in [-0.2, 0) is 52.3 Å². The Labute approximate surface area is 385 Å². The minimum Gasteiger partial charge on any atom is -0.458 e. The Kier molecular flexibility index (Phi) is 10.9. The maximum atomic E-state index is 15.2. The van der Waals surface area contributed by atoms with E-state index in [0.717, 1.165) is 41.5 Å². The van der Waals surface area contributed by atoms with E-state index in [1.54, 1.807) is 23.3 Å². The quantitative estimate of drug-likeness (QED) is 0.106. The molecule has 4 aliphatic heterocycles. The summed E-state index contributed by atoms with van der Waals surface area (Å²) in [5.74, 6) is -1.47. The van der Waals surface area contributed by atoms with E-state index < -0.39 is 47.6 Å². The maximum Gasteiger partial charge on any atom is 0.327 e. The van der Waals surface area contributed by atoms with Crippen molar-refractivity contribution in [2.75, 3.05) is 13.2 Å². The van der Waals surface area contributed by atoms with E-state index >= 15 is 4.79 Å². The number of aliphatic hydroxyl groups excluding tert-OH is 1. The normalized spacial score (nSPS) is 34.0. The standard InChI is InChI=1S/C54H59N3O9/c1-51(2)29-40-36(20-21-43-52(3,63-43)23-22-41(40)51)27-33-12-10-14-35(26-33)32-57-46-49(60)62-42-30-53(46,50(61)56-31-34-13-11-15-37(28-34)48(59)55-24-25-58)47(66-57)45-44(42)64-54(65-45,38-16-6-4-7-17-38)39-18-8-5-9-19-39/h4-19,26-28,40-47,58H,20-25,29-32H2,1-3H3,(H,55,59)(H,56,61)/t40-,41-,42+,43?,44+,45+,46+,47-,52-,53+/m1/s1. The highest BCUT2D eigenvalue weighted by Gasteiger charge is 2.76. The number of allylic oxidation sites excluding steroid dienone is 1. The van der Waals surface area contributed by atoms with Gasteiger partial charge in [-0.05, 0) is 85.1 Å². The van der Waals surface area contributed by atoms with Gasteiger partial charge in [-0.25, -0.2) is 0 Å². The molecule has 344 valence electrons. The van der Waals surface area contributed by atoms with Gasteiger partial charge in [-0.1, -0.05) is 123 Å². The Morgan fingerprint density at radius 2 is 1.55 bits per heavy atom. The molecule has 1 unspecified atom stereocenters. The number of ether oxygens (including phenoxy) is 4. The molecule has 0 spiro atoms. The number of hydrogen-bond donors (Lipinski definition) is 3. The maximum absolute atomic E-state index is 15.2. The van der Waals surface area contributed by atoms with Crippen LogP contribution in [0.15, 0.2) is 115 Å². The lowest BCUT2D eigenvalue weighted by Gasteiger charge is -2.53. The number of hydrogen-bond acceptors (Lipinski definition) is 10. The van der Waals surface area contributed by atoms with Crippen molar-refractivity contribution in [2.24, 2.45) is 22.7 Å². The molecule has 12 nitrogen and oxygen atoms in total. The van der Waals surface area contributed by atoms with E-state index in [9.17, 15) is 14.7 Å². The highest BCUT2D eigenvalue weighted by Crippen LogP contribution is 2.61. The zero-order valence-electron chi connectivity index (χ0n) is 37.8. The number of nitrogens with zero attached hydrogens (tertiary/aromatic N) is 1. The van der Waals surface area contributed by atoms with E-state index in [-0.39, 0.29) is 50.1 Å². The number of nitrogens with one attached hydrogen (secondary N) is 2. The Morgan fingerprint density at radius 1 is 0.818 bits per heavy atom. The van der Waals surface area contributed by atoms with Crippen molar-refractivity contribution in [2.45, 2.75) is 120 Å². The third-order valence-electron chi connectivity index (χ3n) is 16.0. The molecule has 3 saturated carbocycles. The minimum absolute atomic E-state index is 0.0113. The van der Waals surface area contributed by atoms with Crippen molar-refractivity contribution in [3.05, 3.63) is 148 Å². The fraction of sp³-hybridized carbons (Fsp3) is 0.463. The first-order valence-electron chi connectivity index (χ1n) is 23.7. The molecule has 2 bridgehead atoms. The second-order valence-corrected chi connectivity index (χ2v) is 20.5. The van der Waals surface area contributed by atoms with Gasteiger partial charge in [-0.15, -0.1) is 0 Å². The Balaban J connectivity index is 0.926. The number of fused-ring (bicyclic) bond motifs is 6. The molecule has 4 aromatic carbocycles. The van der Waals surface area contributed by atoms with Crippen LogP contribution in [0.25, 0.3) is 6.08 Å². The molecule has 0 aromatic heterocycles. The number of benzene rings is 4. The van der Waals surface area contributed by atoms with Crippen molar-refractivity contribution >= 4 is 23.9 Å². The van der Waals surface area contributed by atoms with Crippen molar-refractivity contribution in [1.82, 2.24) is 15.7 Å². The average molecular weight is 894 g/mol. The van der Waals surface area contributed by atoms with Gasteiger partial charge in [0.25, 0.3) is 5.91 Å². The molecule has 4 saturated heterocycles. The molecule has 10 atom stereocenters. The largest absolute Gasteiger partial charge is 0.458 e. The van der Waals surface area contributed by atoms with Gasteiger partial charge in [0.2, 0.25) is 11.7 Å². The molecule has 3 N–H and O–H groups in total. The minimum atomic E-state index is -1.42. The van der Waals surface area contributed by atoms with E-state index in [1.807, 2.05) is 72.8 Å². The Bertz CT molecular complexity index is 2510. The van der Waals surface area contributed by atoms with Crippen LogP contribution in [0.5, 0.6) is 0 Å². The lowest BCUT2D eigenvalue weighted by atomic mass is 9.52. The van der Waals surface area contributed by atoms with Gasteiger partial charge < -0.3 is 34.7 Å². The lowest BCUT2D eigenvalue weighted by Crippen LogP contribution is -2.69. The van der Waals surface area contributed by atoms with E-state index in [1.165, 1.54) is 18.4 Å². The molecule has 4 aromatic rings. The average Bonchev–Trinajstić information content (AvgIpc) is 3.59. The number of carbonyl (C=O) groups is 3. The molecule has 7 aliphatic rings. The summed E-state index contributed by atoms with van der Waals surface area (Å²) in [6, 6.07) is 33.7. The highest BCUT2D eigenvalue weighted by atomic mass is 16.8. The Morgan fingerprint density at radius 3 is 2.29 bits per heavy atom. The molecule has 3 aliphatic carbocycles. The van der Waals surface area contributed by atoms with Crippen LogP contribution < -0.4 is 10.6 Å². The van der Waals surface area contributed by atoms with Gasteiger partial charge >= 0.3 is 5.97 Å². The van der Waals surface area contributed by atoms with Crippen molar-refractivity contribution in [1.29, 1.82) is 0 Å². The zero-order valence-corrected chi connectivity index (χ0v) is 37.8. The van der Waals surface area contributed by atoms with E-state index in [0.29, 0.717) is 34.5 Å². The monoisotopic (exact) mass is 893 g/mol. The van der Waals surface area contributed by atoms with Gasteiger partial charge in [0, 0.05) is 36.2 Å². The van der Waals surface area contributed by atoms with Gasteiger partial charge in [-0.3, -0.25) is 19.2 Å². The van der Waals surface area contributed by atoms with Crippen LogP contribution >= 0.6 is 0 Å². The van der Waals surface area contributed by atoms with Gasteiger partial charge in [0.1, 0.15) is 29.8 Å². The summed E-state index contributed by atoms with van der Waals surface area (Å²) >= 11 is 0. The van der Waals surface area contributed by atoms with Crippen LogP contribution in [0.1, 0.15) is 97.5 Å². The van der Waals surface area contributed by atoms with Crippen molar-refractivity contribution < 1.29 is 43.3 Å². The summed E-state index contributed by atoms with van der Waals surface area (Å²) in [4.78, 5) is 49.6. The first-order valence-corrected chi connectivity index (χ1v) is 23.7.